The summed E-state index contributed by atoms with van der Waals surface area (Å²) in [4.78, 5) is 5.22. The average molecular weight is 691 g/mol. The average Bonchev–Trinajstić information content (AvgIpc) is 3.54. The van der Waals surface area contributed by atoms with Crippen LogP contribution in [-0.2, 0) is 5.41 Å². The molecular formula is C51H34N2O. The molecule has 3 nitrogen and oxygen atoms in total. The number of benzene rings is 8. The molecule has 3 heteroatoms. The molecule has 1 aliphatic carbocycles. The number of nitrogens with zero attached hydrogens (tertiary/aromatic N) is 1. The minimum absolute atomic E-state index is 0.178. The predicted octanol–water partition coefficient (Wildman–Crippen LogP) is 12.5. The summed E-state index contributed by atoms with van der Waals surface area (Å²) in [6, 6.07) is 69.6. The van der Waals surface area contributed by atoms with Crippen molar-refractivity contribution in [3.63, 3.8) is 0 Å². The second-order valence-corrected chi connectivity index (χ2v) is 14.3. The predicted molar refractivity (Wildman–Crippen MR) is 220 cm³/mol. The molecule has 1 N–H and O–H groups in total. The standard InChI is InChI=1S/C51H34N2O/c1-2-13-34(14-3-1)49-40-18-5-9-22-46(40)52-50(53-49)35-27-25-33(26-28-35)36-15-12-16-37(31-36)38-29-30-43-41(32-38)39-17-4-6-19-42(39)51(43)44-20-7-10-23-47(44)54-48-24-11-8-21-45(48)51/h1-32,50,52H. The van der Waals surface area contributed by atoms with Crippen molar-refractivity contribution in [2.75, 3.05) is 5.32 Å². The van der Waals surface area contributed by atoms with Gasteiger partial charge < -0.3 is 10.1 Å². The zero-order chi connectivity index (χ0) is 35.6. The molecule has 1 unspecified atom stereocenters. The van der Waals surface area contributed by atoms with Crippen LogP contribution in [0.2, 0.25) is 0 Å². The van der Waals surface area contributed by atoms with Gasteiger partial charge in [0.15, 0.2) is 0 Å². The molecule has 254 valence electrons. The zero-order valence-corrected chi connectivity index (χ0v) is 29.4. The normalized spacial score (nSPS) is 15.4. The van der Waals surface area contributed by atoms with Gasteiger partial charge in [0.05, 0.1) is 11.1 Å². The van der Waals surface area contributed by atoms with Crippen molar-refractivity contribution in [3.8, 4) is 44.9 Å². The Morgan fingerprint density at radius 1 is 0.407 bits per heavy atom. The lowest BCUT2D eigenvalue weighted by Gasteiger charge is -2.39. The van der Waals surface area contributed by atoms with Crippen LogP contribution in [0.5, 0.6) is 11.5 Å². The molecule has 54 heavy (non-hydrogen) atoms. The lowest BCUT2D eigenvalue weighted by molar-refractivity contribution is 0.436. The first-order chi connectivity index (χ1) is 26.8. The molecule has 2 heterocycles. The topological polar surface area (TPSA) is 33.6 Å². The summed E-state index contributed by atoms with van der Waals surface area (Å²) in [5.41, 5.74) is 17.2. The van der Waals surface area contributed by atoms with Gasteiger partial charge >= 0.3 is 0 Å². The minimum atomic E-state index is -0.458. The number of para-hydroxylation sites is 3. The van der Waals surface area contributed by atoms with Crippen molar-refractivity contribution in [1.82, 2.24) is 0 Å². The molecule has 0 saturated heterocycles. The van der Waals surface area contributed by atoms with Gasteiger partial charge in [0.2, 0.25) is 0 Å². The summed E-state index contributed by atoms with van der Waals surface area (Å²) in [6.45, 7) is 0. The summed E-state index contributed by atoms with van der Waals surface area (Å²) in [5.74, 6) is 1.82. The maximum atomic E-state index is 6.51. The largest absolute Gasteiger partial charge is 0.457 e. The molecule has 0 fully saturated rings. The van der Waals surface area contributed by atoms with Gasteiger partial charge in [-0.3, -0.25) is 4.99 Å². The summed E-state index contributed by atoms with van der Waals surface area (Å²) in [7, 11) is 0. The minimum Gasteiger partial charge on any atom is -0.457 e. The number of hydrogen-bond acceptors (Lipinski definition) is 3. The Bertz CT molecular complexity index is 2740. The van der Waals surface area contributed by atoms with Crippen LogP contribution >= 0.6 is 0 Å². The summed E-state index contributed by atoms with van der Waals surface area (Å²) in [6.07, 6.45) is -0.178. The smallest absolute Gasteiger partial charge is 0.145 e. The van der Waals surface area contributed by atoms with Crippen LogP contribution in [0.3, 0.4) is 0 Å². The Balaban J connectivity index is 0.963. The fourth-order valence-electron chi connectivity index (χ4n) is 8.95. The third-order valence-corrected chi connectivity index (χ3v) is 11.4. The van der Waals surface area contributed by atoms with Gasteiger partial charge in [0.1, 0.15) is 17.7 Å². The lowest BCUT2D eigenvalue weighted by atomic mass is 9.66. The van der Waals surface area contributed by atoms with E-state index >= 15 is 0 Å². The first kappa shape index (κ1) is 30.6. The van der Waals surface area contributed by atoms with Crippen LogP contribution in [0.1, 0.15) is 45.1 Å². The van der Waals surface area contributed by atoms with Gasteiger partial charge in [0, 0.05) is 27.9 Å². The molecular weight excluding hydrogens is 657 g/mol. The molecule has 1 atom stereocenters. The molecule has 11 rings (SSSR count). The van der Waals surface area contributed by atoms with E-state index in [0.717, 1.165) is 39.6 Å². The van der Waals surface area contributed by atoms with Crippen LogP contribution in [0.4, 0.5) is 5.69 Å². The first-order valence-electron chi connectivity index (χ1n) is 18.6. The highest BCUT2D eigenvalue weighted by Crippen LogP contribution is 2.62. The fourth-order valence-corrected chi connectivity index (χ4v) is 8.95. The van der Waals surface area contributed by atoms with Gasteiger partial charge in [-0.2, -0.15) is 0 Å². The molecule has 0 amide bonds. The quantitative estimate of drug-likeness (QED) is 0.199. The van der Waals surface area contributed by atoms with E-state index in [-0.39, 0.29) is 6.17 Å². The monoisotopic (exact) mass is 690 g/mol. The molecule has 0 bridgehead atoms. The lowest BCUT2D eigenvalue weighted by Crippen LogP contribution is -2.32. The van der Waals surface area contributed by atoms with Crippen molar-refractivity contribution < 1.29 is 4.74 Å². The molecule has 0 radical (unpaired) electrons. The SMILES string of the molecule is c1ccc(C2=NC(c3ccc(-c4cccc(-c5ccc6c(c5)-c5ccccc5C65c6ccccc6Oc6ccccc65)c4)cc3)Nc3ccccc32)cc1. The number of ether oxygens (including phenoxy) is 1. The highest BCUT2D eigenvalue weighted by molar-refractivity contribution is 6.17. The molecule has 8 aromatic rings. The van der Waals surface area contributed by atoms with E-state index < -0.39 is 5.41 Å². The van der Waals surface area contributed by atoms with Gasteiger partial charge in [-0.05, 0) is 80.4 Å². The molecule has 2 aliphatic heterocycles. The fraction of sp³-hybridized carbons (Fsp3) is 0.0392. The number of rotatable bonds is 4. The van der Waals surface area contributed by atoms with Gasteiger partial charge in [-0.15, -0.1) is 0 Å². The van der Waals surface area contributed by atoms with Crippen molar-refractivity contribution in [1.29, 1.82) is 0 Å². The zero-order valence-electron chi connectivity index (χ0n) is 29.4. The van der Waals surface area contributed by atoms with Crippen molar-refractivity contribution >= 4 is 11.4 Å². The summed E-state index contributed by atoms with van der Waals surface area (Å²) < 4.78 is 6.51. The summed E-state index contributed by atoms with van der Waals surface area (Å²) in [5, 5.41) is 3.67. The van der Waals surface area contributed by atoms with Gasteiger partial charge in [0.25, 0.3) is 0 Å². The first-order valence-corrected chi connectivity index (χ1v) is 18.6. The second kappa shape index (κ2) is 12.0. The molecule has 1 spiro atoms. The summed E-state index contributed by atoms with van der Waals surface area (Å²) >= 11 is 0. The number of fused-ring (bicyclic) bond motifs is 10. The van der Waals surface area contributed by atoms with Crippen LogP contribution in [0.25, 0.3) is 33.4 Å². The Morgan fingerprint density at radius 3 is 1.72 bits per heavy atom. The number of hydrogen-bond donors (Lipinski definition) is 1. The van der Waals surface area contributed by atoms with E-state index in [2.05, 4.69) is 193 Å². The Labute approximate surface area is 314 Å². The van der Waals surface area contributed by atoms with E-state index in [1.165, 1.54) is 55.6 Å². The van der Waals surface area contributed by atoms with Crippen molar-refractivity contribution in [2.24, 2.45) is 4.99 Å². The number of aliphatic imine (C=N–C) groups is 1. The number of nitrogens with one attached hydrogen (secondary N) is 1. The second-order valence-electron chi connectivity index (χ2n) is 14.3. The molecule has 0 saturated carbocycles. The molecule has 8 aromatic carbocycles. The third kappa shape index (κ3) is 4.58. The highest BCUT2D eigenvalue weighted by atomic mass is 16.5. The third-order valence-electron chi connectivity index (χ3n) is 11.4. The highest BCUT2D eigenvalue weighted by Gasteiger charge is 2.50. The van der Waals surface area contributed by atoms with E-state index in [4.69, 9.17) is 9.73 Å². The van der Waals surface area contributed by atoms with E-state index in [1.807, 2.05) is 6.07 Å². The molecule has 0 aromatic heterocycles. The maximum absolute atomic E-state index is 6.51. The van der Waals surface area contributed by atoms with Crippen LogP contribution < -0.4 is 10.1 Å². The number of anilines is 1. The van der Waals surface area contributed by atoms with Crippen molar-refractivity contribution in [3.05, 3.63) is 233 Å². The van der Waals surface area contributed by atoms with E-state index in [1.54, 1.807) is 0 Å². The molecule has 3 aliphatic rings. The van der Waals surface area contributed by atoms with E-state index in [9.17, 15) is 0 Å². The Kier molecular flexibility index (Phi) is 6.83. The Hall–Kier alpha value is -6.97. The van der Waals surface area contributed by atoms with Gasteiger partial charge in [-0.1, -0.05) is 164 Å². The van der Waals surface area contributed by atoms with Crippen molar-refractivity contribution in [2.45, 2.75) is 11.6 Å². The maximum Gasteiger partial charge on any atom is 0.145 e. The van der Waals surface area contributed by atoms with E-state index in [0.29, 0.717) is 0 Å². The van der Waals surface area contributed by atoms with Crippen LogP contribution in [0.15, 0.2) is 199 Å². The van der Waals surface area contributed by atoms with Crippen LogP contribution in [-0.4, -0.2) is 5.71 Å². The van der Waals surface area contributed by atoms with Gasteiger partial charge in [-0.25, -0.2) is 0 Å². The Morgan fingerprint density at radius 2 is 0.963 bits per heavy atom. The van der Waals surface area contributed by atoms with Crippen LogP contribution in [0, 0.1) is 0 Å².